The lowest BCUT2D eigenvalue weighted by atomic mass is 10.2. The molecule has 0 aliphatic carbocycles. The van der Waals surface area contributed by atoms with Gasteiger partial charge in [0.05, 0.1) is 34.8 Å². The maximum atomic E-state index is 13.1. The number of benzene rings is 2. The van der Waals surface area contributed by atoms with Gasteiger partial charge in [-0.3, -0.25) is 24.3 Å². The second kappa shape index (κ2) is 9.17. The molecule has 0 aliphatic heterocycles. The minimum absolute atomic E-state index is 0.00278. The van der Waals surface area contributed by atoms with Crippen LogP contribution in [0.1, 0.15) is 15.9 Å². The average Bonchev–Trinajstić information content (AvgIpc) is 3.19. The Hall–Kier alpha value is -4.12. The average molecular weight is 471 g/mol. The number of nitrogens with one attached hydrogen (secondary N) is 1. The van der Waals surface area contributed by atoms with Crippen molar-refractivity contribution in [1.29, 1.82) is 0 Å². The summed E-state index contributed by atoms with van der Waals surface area (Å²) in [5.41, 5.74) is 0.656. The van der Waals surface area contributed by atoms with Gasteiger partial charge in [-0.1, -0.05) is 23.7 Å². The summed E-state index contributed by atoms with van der Waals surface area (Å²) in [7, 11) is 0. The predicted molar refractivity (Wildman–Crippen MR) is 118 cm³/mol. The number of nitrogens with zero attached hydrogens (tertiary/aromatic N) is 5. The summed E-state index contributed by atoms with van der Waals surface area (Å²) in [6.07, 6.45) is 2.73. The van der Waals surface area contributed by atoms with Crippen LogP contribution >= 0.6 is 11.6 Å². The summed E-state index contributed by atoms with van der Waals surface area (Å²) in [4.78, 5) is 39.8. The molecule has 1 N–H and O–H groups in total. The molecule has 2 heterocycles. The first kappa shape index (κ1) is 22.1. The minimum atomic E-state index is -0.540. The molecule has 0 radical (unpaired) electrons. The van der Waals surface area contributed by atoms with Gasteiger partial charge in [0.1, 0.15) is 17.5 Å². The van der Waals surface area contributed by atoms with E-state index in [0.717, 1.165) is 12.1 Å². The fourth-order valence-corrected chi connectivity index (χ4v) is 3.54. The number of hydrogen-bond donors (Lipinski definition) is 1. The molecule has 2 aromatic heterocycles. The number of non-ortho nitro benzene ring substituents is 1. The molecule has 10 nitrogen and oxygen atoms in total. The van der Waals surface area contributed by atoms with Gasteiger partial charge in [0, 0.05) is 18.7 Å². The molecule has 0 unspecified atom stereocenters. The quantitative estimate of drug-likeness (QED) is 0.327. The standard InChI is InChI=1S/C21H16ClFN6O4/c22-18-9-14(23)4-5-16(18)20(30)24-6-7-28-19-17(10-26-28)21(31)27(12-25-19)11-13-2-1-3-15(8-13)29(32)33/h1-5,8-10,12H,6-7,11H2,(H,24,30). The van der Waals surface area contributed by atoms with Crippen LogP contribution in [0.3, 0.4) is 0 Å². The molecule has 0 aliphatic rings. The molecule has 0 spiro atoms. The number of aromatic nitrogens is 4. The van der Waals surface area contributed by atoms with E-state index < -0.39 is 16.6 Å². The van der Waals surface area contributed by atoms with Crippen LogP contribution in [0.25, 0.3) is 11.0 Å². The van der Waals surface area contributed by atoms with Gasteiger partial charge in [-0.05, 0) is 23.8 Å². The molecular weight excluding hydrogens is 455 g/mol. The number of halogens is 2. The van der Waals surface area contributed by atoms with Crippen LogP contribution in [0.5, 0.6) is 0 Å². The smallest absolute Gasteiger partial charge is 0.269 e. The van der Waals surface area contributed by atoms with Crippen molar-refractivity contribution in [1.82, 2.24) is 24.6 Å². The zero-order valence-corrected chi connectivity index (χ0v) is 17.7. The number of amides is 1. The summed E-state index contributed by atoms with van der Waals surface area (Å²) in [6, 6.07) is 9.50. The molecule has 4 rings (SSSR count). The topological polar surface area (TPSA) is 125 Å². The van der Waals surface area contributed by atoms with Gasteiger partial charge in [0.2, 0.25) is 0 Å². The molecule has 0 atom stereocenters. The van der Waals surface area contributed by atoms with E-state index in [0.29, 0.717) is 11.2 Å². The number of carbonyl (C=O) groups excluding carboxylic acids is 1. The van der Waals surface area contributed by atoms with E-state index in [4.69, 9.17) is 11.6 Å². The lowest BCUT2D eigenvalue weighted by Gasteiger charge is -2.08. The summed E-state index contributed by atoms with van der Waals surface area (Å²) < 4.78 is 16.0. The number of hydrogen-bond acceptors (Lipinski definition) is 6. The minimum Gasteiger partial charge on any atom is -0.350 e. The molecule has 0 saturated carbocycles. The molecular formula is C21H16ClFN6O4. The second-order valence-electron chi connectivity index (χ2n) is 7.09. The lowest BCUT2D eigenvalue weighted by Crippen LogP contribution is -2.28. The van der Waals surface area contributed by atoms with Crippen LogP contribution in [-0.4, -0.2) is 36.7 Å². The Bertz CT molecular complexity index is 1430. The molecule has 168 valence electrons. The first-order valence-electron chi connectivity index (χ1n) is 9.71. The van der Waals surface area contributed by atoms with Crippen molar-refractivity contribution in [3.05, 3.63) is 97.4 Å². The monoisotopic (exact) mass is 470 g/mol. The highest BCUT2D eigenvalue weighted by Gasteiger charge is 2.14. The number of nitro groups is 1. The van der Waals surface area contributed by atoms with Crippen molar-refractivity contribution in [2.75, 3.05) is 6.54 Å². The normalized spacial score (nSPS) is 11.0. The van der Waals surface area contributed by atoms with Crippen molar-refractivity contribution in [3.8, 4) is 0 Å². The van der Waals surface area contributed by atoms with E-state index >= 15 is 0 Å². The zero-order valence-electron chi connectivity index (χ0n) is 16.9. The van der Waals surface area contributed by atoms with Crippen molar-refractivity contribution >= 4 is 34.2 Å². The number of nitro benzene ring substituents is 1. The molecule has 0 bridgehead atoms. The van der Waals surface area contributed by atoms with E-state index in [-0.39, 0.29) is 46.9 Å². The van der Waals surface area contributed by atoms with Crippen LogP contribution in [0, 0.1) is 15.9 Å². The van der Waals surface area contributed by atoms with Gasteiger partial charge in [-0.2, -0.15) is 5.10 Å². The Kier molecular flexibility index (Phi) is 6.13. The van der Waals surface area contributed by atoms with Gasteiger partial charge >= 0.3 is 0 Å². The largest absolute Gasteiger partial charge is 0.350 e. The summed E-state index contributed by atoms with van der Waals surface area (Å²) in [5.74, 6) is -1.01. The highest BCUT2D eigenvalue weighted by molar-refractivity contribution is 6.33. The van der Waals surface area contributed by atoms with Gasteiger partial charge in [0.15, 0.2) is 5.65 Å². The summed E-state index contributed by atoms with van der Waals surface area (Å²) >= 11 is 5.90. The lowest BCUT2D eigenvalue weighted by molar-refractivity contribution is -0.384. The second-order valence-corrected chi connectivity index (χ2v) is 7.50. The third-order valence-corrected chi connectivity index (χ3v) is 5.19. The van der Waals surface area contributed by atoms with E-state index in [1.165, 1.54) is 40.0 Å². The highest BCUT2D eigenvalue weighted by atomic mass is 35.5. The number of rotatable bonds is 7. The Morgan fingerprint density at radius 3 is 2.82 bits per heavy atom. The van der Waals surface area contributed by atoms with E-state index in [2.05, 4.69) is 15.4 Å². The zero-order chi connectivity index (χ0) is 23.5. The predicted octanol–water partition coefficient (Wildman–Crippen LogP) is 2.77. The molecule has 0 fully saturated rings. The first-order chi connectivity index (χ1) is 15.8. The summed E-state index contributed by atoms with van der Waals surface area (Å²) in [6.45, 7) is 0.514. The van der Waals surface area contributed by atoms with E-state index in [1.54, 1.807) is 12.1 Å². The van der Waals surface area contributed by atoms with Gasteiger partial charge in [0.25, 0.3) is 17.2 Å². The van der Waals surface area contributed by atoms with Crippen LogP contribution in [0.4, 0.5) is 10.1 Å². The van der Waals surface area contributed by atoms with E-state index in [1.807, 2.05) is 0 Å². The van der Waals surface area contributed by atoms with E-state index in [9.17, 15) is 24.1 Å². The summed E-state index contributed by atoms with van der Waals surface area (Å²) in [5, 5.41) is 18.1. The third kappa shape index (κ3) is 4.72. The van der Waals surface area contributed by atoms with Crippen LogP contribution < -0.4 is 10.9 Å². The fourth-order valence-electron chi connectivity index (χ4n) is 3.28. The Balaban J connectivity index is 1.47. The molecule has 4 aromatic rings. The molecule has 1 amide bonds. The Labute approximate surface area is 190 Å². The third-order valence-electron chi connectivity index (χ3n) is 4.88. The fraction of sp³-hybridized carbons (Fsp3) is 0.143. The maximum Gasteiger partial charge on any atom is 0.269 e. The number of carbonyl (C=O) groups is 1. The molecule has 12 heteroatoms. The molecule has 0 saturated heterocycles. The van der Waals surface area contributed by atoms with Crippen molar-refractivity contribution in [2.24, 2.45) is 0 Å². The maximum absolute atomic E-state index is 13.1. The molecule has 33 heavy (non-hydrogen) atoms. The number of fused-ring (bicyclic) bond motifs is 1. The Morgan fingerprint density at radius 2 is 2.06 bits per heavy atom. The van der Waals surface area contributed by atoms with Crippen molar-refractivity contribution < 1.29 is 14.1 Å². The van der Waals surface area contributed by atoms with Crippen LogP contribution in [0.2, 0.25) is 5.02 Å². The molecule has 2 aromatic carbocycles. The van der Waals surface area contributed by atoms with Crippen molar-refractivity contribution in [3.63, 3.8) is 0 Å². The van der Waals surface area contributed by atoms with Crippen LogP contribution in [0.15, 0.2) is 59.8 Å². The SMILES string of the molecule is O=C(NCCn1ncc2c(=O)n(Cc3cccc([N+](=O)[O-])c3)cnc21)c1ccc(F)cc1Cl. The van der Waals surface area contributed by atoms with Crippen LogP contribution in [-0.2, 0) is 13.1 Å². The Morgan fingerprint density at radius 1 is 1.24 bits per heavy atom. The van der Waals surface area contributed by atoms with Gasteiger partial charge in [-0.15, -0.1) is 0 Å². The first-order valence-corrected chi connectivity index (χ1v) is 10.1. The van der Waals surface area contributed by atoms with Crippen molar-refractivity contribution in [2.45, 2.75) is 13.1 Å². The van der Waals surface area contributed by atoms with Gasteiger partial charge in [-0.25, -0.2) is 14.1 Å². The highest BCUT2D eigenvalue weighted by Crippen LogP contribution is 2.17. The van der Waals surface area contributed by atoms with Gasteiger partial charge < -0.3 is 5.32 Å².